The maximum absolute atomic E-state index is 11.5. The fourth-order valence-electron chi connectivity index (χ4n) is 3.03. The molecule has 138 valence electrons. The van der Waals surface area contributed by atoms with Crippen LogP contribution in [0.25, 0.3) is 0 Å². The molecular formula is C20H32N4O. The normalized spacial score (nSPS) is 16.1. The molecule has 1 fully saturated rings. The summed E-state index contributed by atoms with van der Waals surface area (Å²) in [7, 11) is 0. The highest BCUT2D eigenvalue weighted by molar-refractivity contribution is 5.80. The quantitative estimate of drug-likeness (QED) is 0.674. The van der Waals surface area contributed by atoms with Gasteiger partial charge in [-0.1, -0.05) is 43.7 Å². The molecule has 0 spiro atoms. The van der Waals surface area contributed by atoms with Gasteiger partial charge >= 0.3 is 0 Å². The van der Waals surface area contributed by atoms with Crippen molar-refractivity contribution in [2.24, 2.45) is 4.99 Å². The van der Waals surface area contributed by atoms with E-state index in [4.69, 9.17) is 4.99 Å². The van der Waals surface area contributed by atoms with Crippen LogP contribution in [-0.2, 0) is 10.2 Å². The highest BCUT2D eigenvalue weighted by Crippen LogP contribution is 2.24. The zero-order chi connectivity index (χ0) is 18.4. The summed E-state index contributed by atoms with van der Waals surface area (Å²) in [6, 6.07) is 8.72. The van der Waals surface area contributed by atoms with Gasteiger partial charge in [-0.05, 0) is 19.4 Å². The highest BCUT2D eigenvalue weighted by Gasteiger charge is 2.23. The number of carbonyl (C=O) groups excluding carboxylic acids is 1. The van der Waals surface area contributed by atoms with Crippen molar-refractivity contribution in [3.63, 3.8) is 0 Å². The minimum Gasteiger partial charge on any atom is -0.357 e. The Kier molecular flexibility index (Phi) is 6.45. The van der Waals surface area contributed by atoms with E-state index >= 15 is 0 Å². The number of guanidine groups is 1. The van der Waals surface area contributed by atoms with Crippen LogP contribution >= 0.6 is 0 Å². The summed E-state index contributed by atoms with van der Waals surface area (Å²) in [6.07, 6.45) is 0. The summed E-state index contributed by atoms with van der Waals surface area (Å²) in [6.45, 7) is 15.1. The molecule has 5 nitrogen and oxygen atoms in total. The first-order valence-electron chi connectivity index (χ1n) is 9.19. The number of nitrogens with zero attached hydrogens (tertiary/aromatic N) is 3. The van der Waals surface area contributed by atoms with Crippen molar-refractivity contribution >= 4 is 11.9 Å². The number of aliphatic imine (C=N–C) groups is 1. The molecule has 1 saturated heterocycles. The van der Waals surface area contributed by atoms with Crippen LogP contribution in [0.4, 0.5) is 0 Å². The Bertz CT molecular complexity index is 599. The Morgan fingerprint density at radius 2 is 1.68 bits per heavy atom. The molecule has 0 aliphatic carbocycles. The Morgan fingerprint density at radius 3 is 2.20 bits per heavy atom. The maximum Gasteiger partial charge on any atom is 0.219 e. The lowest BCUT2D eigenvalue weighted by Gasteiger charge is -2.36. The third kappa shape index (κ3) is 5.21. The van der Waals surface area contributed by atoms with Gasteiger partial charge in [-0.15, -0.1) is 0 Å². The molecule has 25 heavy (non-hydrogen) atoms. The Balaban J connectivity index is 2.06. The lowest BCUT2D eigenvalue weighted by molar-refractivity contribution is -0.130. The Labute approximate surface area is 152 Å². The third-order valence-electron chi connectivity index (χ3n) is 4.82. The molecule has 1 heterocycles. The minimum atomic E-state index is -0.0183. The van der Waals surface area contributed by atoms with Crippen LogP contribution in [-0.4, -0.2) is 60.9 Å². The highest BCUT2D eigenvalue weighted by atomic mass is 16.2. The summed E-state index contributed by atoms with van der Waals surface area (Å²) >= 11 is 0. The molecule has 0 bridgehead atoms. The smallest absolute Gasteiger partial charge is 0.219 e. The Morgan fingerprint density at radius 1 is 1.12 bits per heavy atom. The van der Waals surface area contributed by atoms with Crippen LogP contribution in [0, 0.1) is 6.92 Å². The summed E-state index contributed by atoms with van der Waals surface area (Å²) in [4.78, 5) is 20.6. The van der Waals surface area contributed by atoms with E-state index in [1.807, 2.05) is 4.90 Å². The topological polar surface area (TPSA) is 47.9 Å². The average Bonchev–Trinajstić information content (AvgIpc) is 2.59. The molecule has 1 amide bonds. The minimum absolute atomic E-state index is 0.0183. The van der Waals surface area contributed by atoms with Crippen LogP contribution in [0.3, 0.4) is 0 Å². The van der Waals surface area contributed by atoms with E-state index in [2.05, 4.69) is 62.2 Å². The average molecular weight is 345 g/mol. The first-order valence-corrected chi connectivity index (χ1v) is 9.19. The van der Waals surface area contributed by atoms with Crippen LogP contribution in [0.2, 0.25) is 0 Å². The fourth-order valence-corrected chi connectivity index (χ4v) is 3.03. The monoisotopic (exact) mass is 344 g/mol. The van der Waals surface area contributed by atoms with E-state index in [1.165, 1.54) is 11.1 Å². The van der Waals surface area contributed by atoms with Gasteiger partial charge in [0.25, 0.3) is 0 Å². The van der Waals surface area contributed by atoms with Crippen molar-refractivity contribution in [3.8, 4) is 0 Å². The van der Waals surface area contributed by atoms with E-state index in [0.717, 1.165) is 45.2 Å². The lowest BCUT2D eigenvalue weighted by Crippen LogP contribution is -2.53. The molecule has 1 aliphatic rings. The van der Waals surface area contributed by atoms with Gasteiger partial charge in [0.15, 0.2) is 5.96 Å². The number of piperazine rings is 1. The molecule has 2 rings (SSSR count). The third-order valence-corrected chi connectivity index (χ3v) is 4.82. The van der Waals surface area contributed by atoms with Gasteiger partial charge in [0.1, 0.15) is 0 Å². The SMILES string of the molecule is CCNC(=NCC(C)(C)c1ccc(C)cc1)N1CCN(C(C)=O)CC1. The van der Waals surface area contributed by atoms with Gasteiger partial charge in [-0.25, -0.2) is 0 Å². The Hall–Kier alpha value is -2.04. The first-order chi connectivity index (χ1) is 11.8. The van der Waals surface area contributed by atoms with Crippen LogP contribution < -0.4 is 5.32 Å². The van der Waals surface area contributed by atoms with Crippen molar-refractivity contribution in [3.05, 3.63) is 35.4 Å². The molecule has 0 aromatic heterocycles. The predicted molar refractivity (Wildman–Crippen MR) is 104 cm³/mol. The summed E-state index contributed by atoms with van der Waals surface area (Å²) in [5.41, 5.74) is 2.56. The lowest BCUT2D eigenvalue weighted by atomic mass is 9.84. The van der Waals surface area contributed by atoms with E-state index in [-0.39, 0.29) is 11.3 Å². The number of amides is 1. The summed E-state index contributed by atoms with van der Waals surface area (Å²) in [5.74, 6) is 1.10. The number of carbonyl (C=O) groups is 1. The maximum atomic E-state index is 11.5. The number of nitrogens with one attached hydrogen (secondary N) is 1. The fraction of sp³-hybridized carbons (Fsp3) is 0.600. The second-order valence-corrected chi connectivity index (χ2v) is 7.41. The molecule has 0 radical (unpaired) electrons. The number of aryl methyl sites for hydroxylation is 1. The second kappa shape index (κ2) is 8.37. The van der Waals surface area contributed by atoms with Gasteiger partial charge < -0.3 is 15.1 Å². The van der Waals surface area contributed by atoms with Crippen LogP contribution in [0.5, 0.6) is 0 Å². The second-order valence-electron chi connectivity index (χ2n) is 7.41. The summed E-state index contributed by atoms with van der Waals surface area (Å²) in [5, 5.41) is 3.40. The number of rotatable bonds is 4. The van der Waals surface area contributed by atoms with Gasteiger partial charge in [-0.2, -0.15) is 0 Å². The van der Waals surface area contributed by atoms with E-state index in [9.17, 15) is 4.79 Å². The molecule has 0 unspecified atom stereocenters. The molecule has 1 aliphatic heterocycles. The van der Waals surface area contributed by atoms with Crippen molar-refractivity contribution in [1.82, 2.24) is 15.1 Å². The molecule has 1 N–H and O–H groups in total. The number of hydrogen-bond acceptors (Lipinski definition) is 2. The largest absolute Gasteiger partial charge is 0.357 e. The summed E-state index contributed by atoms with van der Waals surface area (Å²) < 4.78 is 0. The molecule has 1 aromatic rings. The standard InChI is InChI=1S/C20H32N4O/c1-6-21-19(24-13-11-23(12-14-24)17(3)25)22-15-20(4,5)18-9-7-16(2)8-10-18/h7-10H,6,11-15H2,1-5H3,(H,21,22). The number of benzene rings is 1. The van der Waals surface area contributed by atoms with Crippen molar-refractivity contribution in [1.29, 1.82) is 0 Å². The van der Waals surface area contributed by atoms with Crippen LogP contribution in [0.15, 0.2) is 29.3 Å². The first kappa shape index (κ1) is 19.3. The van der Waals surface area contributed by atoms with Crippen molar-refractivity contribution in [2.45, 2.75) is 40.0 Å². The van der Waals surface area contributed by atoms with Gasteiger partial charge in [-0.3, -0.25) is 9.79 Å². The van der Waals surface area contributed by atoms with Gasteiger partial charge in [0, 0.05) is 45.1 Å². The van der Waals surface area contributed by atoms with Crippen LogP contribution in [0.1, 0.15) is 38.8 Å². The zero-order valence-electron chi connectivity index (χ0n) is 16.3. The van der Waals surface area contributed by atoms with E-state index in [0.29, 0.717) is 0 Å². The zero-order valence-corrected chi connectivity index (χ0v) is 16.3. The number of hydrogen-bond donors (Lipinski definition) is 1. The van der Waals surface area contributed by atoms with Crippen molar-refractivity contribution in [2.75, 3.05) is 39.3 Å². The van der Waals surface area contributed by atoms with Gasteiger partial charge in [0.2, 0.25) is 5.91 Å². The van der Waals surface area contributed by atoms with E-state index in [1.54, 1.807) is 6.92 Å². The van der Waals surface area contributed by atoms with Crippen molar-refractivity contribution < 1.29 is 4.79 Å². The predicted octanol–water partition coefficient (Wildman–Crippen LogP) is 2.40. The van der Waals surface area contributed by atoms with Gasteiger partial charge in [0.05, 0.1) is 6.54 Å². The molecular weight excluding hydrogens is 312 g/mol. The molecule has 5 heteroatoms. The van der Waals surface area contributed by atoms with E-state index < -0.39 is 0 Å². The molecule has 1 aromatic carbocycles. The molecule has 0 atom stereocenters. The molecule has 0 saturated carbocycles.